The van der Waals surface area contributed by atoms with Crippen molar-refractivity contribution in [2.75, 3.05) is 0 Å². The van der Waals surface area contributed by atoms with E-state index in [9.17, 15) is 0 Å². The van der Waals surface area contributed by atoms with Gasteiger partial charge in [0, 0.05) is 18.6 Å². The monoisotopic (exact) mass is 602 g/mol. The molecule has 0 aliphatic carbocycles. The van der Waals surface area contributed by atoms with E-state index in [-0.39, 0.29) is 5.82 Å². The Labute approximate surface area is 271 Å². The van der Waals surface area contributed by atoms with Gasteiger partial charge in [0.2, 0.25) is 7.28 Å². The molecule has 1 aromatic heterocycles. The molecule has 0 saturated heterocycles. The molecule has 5 aromatic carbocycles. The predicted octanol–water partition coefficient (Wildman–Crippen LogP) is 6.69. The number of hydrogen-bond acceptors (Lipinski definition) is 1. The molecule has 224 valence electrons. The molecule has 0 unspecified atom stereocenters. The van der Waals surface area contributed by atoms with Gasteiger partial charge in [0.1, 0.15) is 0 Å². The lowest BCUT2D eigenvalue weighted by Gasteiger charge is -2.35. The maximum atomic E-state index is 5.05. The van der Waals surface area contributed by atoms with Crippen LogP contribution < -0.4 is 21.3 Å². The molecule has 0 saturated carbocycles. The van der Waals surface area contributed by atoms with Gasteiger partial charge in [-0.05, 0) is 55.5 Å². The quantitative estimate of drug-likeness (QED) is 0.119. The van der Waals surface area contributed by atoms with E-state index < -0.39 is 8.07 Å². The minimum atomic E-state index is -2.60. The fourth-order valence-electron chi connectivity index (χ4n) is 6.73. The highest BCUT2D eigenvalue weighted by molar-refractivity contribution is 7.10. The Hall–Kier alpha value is -4.41. The first-order valence-corrected chi connectivity index (χ1v) is 18.5. The lowest BCUT2D eigenvalue weighted by molar-refractivity contribution is 0.865. The summed E-state index contributed by atoms with van der Waals surface area (Å²) >= 11 is 0. The van der Waals surface area contributed by atoms with Crippen LogP contribution >= 0.6 is 0 Å². The second-order valence-corrected chi connectivity index (χ2v) is 16.7. The molecule has 45 heavy (non-hydrogen) atoms. The first kappa shape index (κ1) is 30.6. The summed E-state index contributed by atoms with van der Waals surface area (Å²) in [6, 6.07) is 52.0. The van der Waals surface area contributed by atoms with E-state index in [1.807, 2.05) is 6.20 Å². The molecule has 0 N–H and O–H groups in total. The Balaban J connectivity index is 1.54. The molecule has 1 heterocycles. The molecule has 2 nitrogen and oxygen atoms in total. The molecular weight excluding hydrogens is 559 g/mol. The van der Waals surface area contributed by atoms with Gasteiger partial charge in [0.25, 0.3) is 0 Å². The van der Waals surface area contributed by atoms with Crippen LogP contribution in [-0.2, 0) is 6.17 Å². The summed E-state index contributed by atoms with van der Waals surface area (Å²) in [5.74, 6) is 1.13. The molecule has 0 atom stereocenters. The third-order valence-electron chi connectivity index (χ3n) is 9.36. The summed E-state index contributed by atoms with van der Waals surface area (Å²) in [5, 5.41) is 4.32. The maximum Gasteiger partial charge on any atom is 0.217 e. The van der Waals surface area contributed by atoms with E-state index in [0.29, 0.717) is 11.8 Å². The summed E-state index contributed by atoms with van der Waals surface area (Å²) in [7, 11) is -1.77. The van der Waals surface area contributed by atoms with Crippen LogP contribution in [0.15, 0.2) is 152 Å². The molecule has 0 spiro atoms. The Morgan fingerprint density at radius 2 is 1.00 bits per heavy atom. The van der Waals surface area contributed by atoms with Crippen LogP contribution in [0.3, 0.4) is 0 Å². The molecule has 0 fully saturated rings. The topological polar surface area (TPSA) is 17.8 Å². The minimum absolute atomic E-state index is 0.217. The number of hydrogen-bond donors (Lipinski definition) is 0. The second kappa shape index (κ2) is 13.7. The number of rotatable bonds is 11. The van der Waals surface area contributed by atoms with E-state index in [1.165, 1.54) is 37.8 Å². The highest BCUT2D eigenvalue weighted by Gasteiger charge is 2.41. The van der Waals surface area contributed by atoms with Gasteiger partial charge in [-0.2, -0.15) is 0 Å². The Kier molecular flexibility index (Phi) is 9.32. The average Bonchev–Trinajstić information content (AvgIpc) is 3.53. The lowest BCUT2D eigenvalue weighted by atomic mass is 9.58. The fraction of sp³-hybridized carbons (Fsp3) is 0.195. The molecule has 0 amide bonds. The van der Waals surface area contributed by atoms with Gasteiger partial charge in [-0.15, -0.1) is 0 Å². The highest BCUT2D eigenvalue weighted by atomic mass is 28.3. The molecule has 6 aromatic rings. The average molecular weight is 603 g/mol. The van der Waals surface area contributed by atoms with Crippen molar-refractivity contribution in [3.05, 3.63) is 174 Å². The van der Waals surface area contributed by atoms with Crippen molar-refractivity contribution in [2.45, 2.75) is 51.5 Å². The standard InChI is InChI=1S/C41H43BN2Si/c1-31(2)35-20-14-24-38(28-35)45(37-22-12-7-13-23-37,39-25-15-21-36(29-39)32(3)4)30-44-27-26-43-41(44)42-40(33-16-8-5-9-17-33)34-18-10-6-11-19-34/h5-29,31-32,40,42H,30H2,1-4H3. The molecule has 0 aliphatic rings. The van der Waals surface area contributed by atoms with E-state index in [0.717, 1.165) is 19.2 Å². The van der Waals surface area contributed by atoms with Crippen LogP contribution in [0.2, 0.25) is 0 Å². The van der Waals surface area contributed by atoms with Crippen LogP contribution in [0.25, 0.3) is 0 Å². The smallest absolute Gasteiger partial charge is 0.217 e. The van der Waals surface area contributed by atoms with Crippen molar-refractivity contribution in [3.63, 3.8) is 0 Å². The van der Waals surface area contributed by atoms with E-state index in [4.69, 9.17) is 4.98 Å². The van der Waals surface area contributed by atoms with E-state index in [1.54, 1.807) is 0 Å². The van der Waals surface area contributed by atoms with Crippen LogP contribution in [-0.4, -0.2) is 24.9 Å². The first-order chi connectivity index (χ1) is 22.0. The third kappa shape index (κ3) is 6.53. The molecular formula is C41H43BN2Si. The van der Waals surface area contributed by atoms with E-state index in [2.05, 4.69) is 178 Å². The second-order valence-electron chi connectivity index (χ2n) is 12.9. The van der Waals surface area contributed by atoms with Gasteiger partial charge in [-0.1, -0.05) is 167 Å². The van der Waals surface area contributed by atoms with Crippen molar-refractivity contribution in [1.82, 2.24) is 9.55 Å². The van der Waals surface area contributed by atoms with Crippen molar-refractivity contribution in [3.8, 4) is 0 Å². The van der Waals surface area contributed by atoms with Crippen molar-refractivity contribution >= 4 is 36.6 Å². The molecule has 0 radical (unpaired) electrons. The van der Waals surface area contributed by atoms with Crippen LogP contribution in [0, 0.1) is 0 Å². The number of nitrogens with zero attached hydrogens (tertiary/aromatic N) is 2. The SMILES string of the molecule is CC(C)c1cccc([Si](Cn2ccnc2BC(c2ccccc2)c2ccccc2)(c2ccccc2)c2cccc(C(C)C)c2)c1. The zero-order valence-electron chi connectivity index (χ0n) is 27.0. The predicted molar refractivity (Wildman–Crippen MR) is 196 cm³/mol. The Morgan fingerprint density at radius 3 is 1.49 bits per heavy atom. The van der Waals surface area contributed by atoms with Gasteiger partial charge in [0.15, 0.2) is 8.07 Å². The van der Waals surface area contributed by atoms with Crippen LogP contribution in [0.4, 0.5) is 0 Å². The summed E-state index contributed by atoms with van der Waals surface area (Å²) in [6.07, 6.45) is 5.10. The van der Waals surface area contributed by atoms with E-state index >= 15 is 0 Å². The zero-order chi connectivity index (χ0) is 31.2. The van der Waals surface area contributed by atoms with Crippen molar-refractivity contribution < 1.29 is 0 Å². The lowest BCUT2D eigenvalue weighted by Crippen LogP contribution is -2.70. The van der Waals surface area contributed by atoms with Crippen LogP contribution in [0.5, 0.6) is 0 Å². The summed E-state index contributed by atoms with van der Waals surface area (Å²) in [4.78, 5) is 5.05. The largest absolute Gasteiger partial charge is 0.345 e. The van der Waals surface area contributed by atoms with Gasteiger partial charge in [-0.3, -0.25) is 4.98 Å². The zero-order valence-corrected chi connectivity index (χ0v) is 28.0. The summed E-state index contributed by atoms with van der Waals surface area (Å²) in [5.41, 5.74) is 6.54. The first-order valence-electron chi connectivity index (χ1n) is 16.3. The number of aromatic nitrogens is 2. The summed E-state index contributed by atoms with van der Waals surface area (Å²) < 4.78 is 2.47. The van der Waals surface area contributed by atoms with Gasteiger partial charge < -0.3 is 4.57 Å². The minimum Gasteiger partial charge on any atom is -0.345 e. The Bertz CT molecular complexity index is 1720. The normalized spacial score (nSPS) is 11.8. The molecule has 0 bridgehead atoms. The fourth-order valence-corrected chi connectivity index (χ4v) is 11.4. The maximum absolute atomic E-state index is 5.05. The number of benzene rings is 5. The molecule has 6 rings (SSSR count). The van der Waals surface area contributed by atoms with Gasteiger partial charge >= 0.3 is 0 Å². The summed E-state index contributed by atoms with van der Waals surface area (Å²) in [6.45, 7) is 9.19. The van der Waals surface area contributed by atoms with Crippen molar-refractivity contribution in [1.29, 1.82) is 0 Å². The Morgan fingerprint density at radius 1 is 0.556 bits per heavy atom. The highest BCUT2D eigenvalue weighted by Crippen LogP contribution is 2.24. The third-order valence-corrected chi connectivity index (χ3v) is 14.1. The van der Waals surface area contributed by atoms with Gasteiger partial charge in [0.05, 0.1) is 5.72 Å². The van der Waals surface area contributed by atoms with Crippen molar-refractivity contribution in [2.24, 2.45) is 0 Å². The van der Waals surface area contributed by atoms with Gasteiger partial charge in [-0.25, -0.2) is 0 Å². The molecule has 0 aliphatic heterocycles. The van der Waals surface area contributed by atoms with Crippen LogP contribution in [0.1, 0.15) is 67.6 Å². The number of imidazole rings is 1. The molecule has 4 heteroatoms.